The van der Waals surface area contributed by atoms with Crippen LogP contribution >= 0.6 is 11.3 Å². The van der Waals surface area contributed by atoms with E-state index in [-0.39, 0.29) is 0 Å². The van der Waals surface area contributed by atoms with Crippen molar-refractivity contribution >= 4 is 17.2 Å². The lowest BCUT2D eigenvalue weighted by molar-refractivity contribution is 0.181. The molecule has 1 unspecified atom stereocenters. The molecule has 0 saturated carbocycles. The number of fused-ring (bicyclic) bond motifs is 1. The summed E-state index contributed by atoms with van der Waals surface area (Å²) in [7, 11) is 3.16. The third kappa shape index (κ3) is 2.71. The smallest absolute Gasteiger partial charge is 0.256 e. The number of nitrogens with zero attached hydrogens (tertiary/aromatic N) is 3. The molecule has 3 aromatic rings. The monoisotopic (exact) mass is 355 g/mol. The van der Waals surface area contributed by atoms with Gasteiger partial charge in [-0.2, -0.15) is 0 Å². The molecule has 1 atom stereocenters. The van der Waals surface area contributed by atoms with E-state index in [1.807, 2.05) is 28.5 Å². The highest BCUT2D eigenvalue weighted by atomic mass is 32.1. The van der Waals surface area contributed by atoms with Crippen molar-refractivity contribution in [3.05, 3.63) is 52.5 Å². The standard InChI is InChI=1S/C18H17N3O3S/c1-23-15-6-12(7-19-17(15)24-2)11-3-4-14-13(5-11)8-21(18(14)22)16-9-25-10-20-16/h3-7,9-10,18,22H,8H2,1-2H3. The lowest BCUT2D eigenvalue weighted by Gasteiger charge is -2.19. The first-order chi connectivity index (χ1) is 12.2. The topological polar surface area (TPSA) is 67.7 Å². The minimum absolute atomic E-state index is 0.456. The van der Waals surface area contributed by atoms with E-state index in [1.165, 1.54) is 11.3 Å². The average molecular weight is 355 g/mol. The fourth-order valence-corrected chi connectivity index (χ4v) is 3.60. The minimum atomic E-state index is -0.672. The van der Waals surface area contributed by atoms with Crippen molar-refractivity contribution < 1.29 is 14.6 Å². The van der Waals surface area contributed by atoms with Crippen LogP contribution in [0.15, 0.2) is 41.4 Å². The molecule has 2 aromatic heterocycles. The normalized spacial score (nSPS) is 16.0. The molecule has 3 heterocycles. The van der Waals surface area contributed by atoms with Gasteiger partial charge in [-0.3, -0.25) is 0 Å². The summed E-state index contributed by atoms with van der Waals surface area (Å²) in [5.41, 5.74) is 5.70. The van der Waals surface area contributed by atoms with Gasteiger partial charge in [0.05, 0.1) is 19.7 Å². The summed E-state index contributed by atoms with van der Waals surface area (Å²) < 4.78 is 10.5. The highest BCUT2D eigenvalue weighted by molar-refractivity contribution is 7.07. The van der Waals surface area contributed by atoms with Gasteiger partial charge in [0, 0.05) is 29.2 Å². The summed E-state index contributed by atoms with van der Waals surface area (Å²) in [4.78, 5) is 10.5. The lowest BCUT2D eigenvalue weighted by atomic mass is 10.0. The zero-order valence-corrected chi connectivity index (χ0v) is 14.7. The lowest BCUT2D eigenvalue weighted by Crippen LogP contribution is -2.20. The van der Waals surface area contributed by atoms with Gasteiger partial charge in [-0.15, -0.1) is 11.3 Å². The van der Waals surface area contributed by atoms with Crippen LogP contribution in [-0.4, -0.2) is 29.3 Å². The molecule has 0 spiro atoms. The Bertz CT molecular complexity index is 899. The van der Waals surface area contributed by atoms with Crippen LogP contribution in [0.2, 0.25) is 0 Å². The third-order valence-electron chi connectivity index (χ3n) is 4.34. The molecule has 4 rings (SSSR count). The Morgan fingerprint density at radius 2 is 2.04 bits per heavy atom. The maximum Gasteiger partial charge on any atom is 0.256 e. The highest BCUT2D eigenvalue weighted by Crippen LogP contribution is 2.38. The van der Waals surface area contributed by atoms with E-state index in [0.29, 0.717) is 18.2 Å². The summed E-state index contributed by atoms with van der Waals surface area (Å²) in [6.07, 6.45) is 1.09. The molecule has 7 heteroatoms. The maximum absolute atomic E-state index is 10.6. The van der Waals surface area contributed by atoms with Gasteiger partial charge in [-0.25, -0.2) is 9.97 Å². The number of aliphatic hydroxyl groups is 1. The number of hydrogen-bond acceptors (Lipinski definition) is 7. The van der Waals surface area contributed by atoms with Crippen LogP contribution in [0, 0.1) is 0 Å². The molecule has 128 valence electrons. The Kier molecular flexibility index (Phi) is 4.03. The van der Waals surface area contributed by atoms with E-state index in [4.69, 9.17) is 9.47 Å². The van der Waals surface area contributed by atoms with Gasteiger partial charge in [-0.1, -0.05) is 12.1 Å². The van der Waals surface area contributed by atoms with Crippen LogP contribution in [0.4, 0.5) is 5.82 Å². The fraction of sp³-hybridized carbons (Fsp3) is 0.222. The molecular formula is C18H17N3O3S. The number of aromatic nitrogens is 2. The molecule has 6 nitrogen and oxygen atoms in total. The van der Waals surface area contributed by atoms with Crippen molar-refractivity contribution in [2.75, 3.05) is 19.1 Å². The molecule has 25 heavy (non-hydrogen) atoms. The zero-order chi connectivity index (χ0) is 17.4. The Hall–Kier alpha value is -2.64. The van der Waals surface area contributed by atoms with Gasteiger partial charge in [0.1, 0.15) is 5.82 Å². The Balaban J connectivity index is 1.69. The van der Waals surface area contributed by atoms with Gasteiger partial charge >= 0.3 is 0 Å². The molecule has 1 N–H and O–H groups in total. The largest absolute Gasteiger partial charge is 0.491 e. The molecule has 0 saturated heterocycles. The predicted octanol–water partition coefficient (Wildman–Crippen LogP) is 3.23. The van der Waals surface area contributed by atoms with Crippen LogP contribution in [-0.2, 0) is 6.54 Å². The zero-order valence-electron chi connectivity index (χ0n) is 13.8. The van der Waals surface area contributed by atoms with E-state index in [2.05, 4.69) is 16.0 Å². The first kappa shape index (κ1) is 15.9. The Morgan fingerprint density at radius 3 is 2.76 bits per heavy atom. The van der Waals surface area contributed by atoms with E-state index in [1.54, 1.807) is 25.9 Å². The minimum Gasteiger partial charge on any atom is -0.491 e. The molecule has 0 aliphatic carbocycles. The molecule has 1 aromatic carbocycles. The van der Waals surface area contributed by atoms with E-state index < -0.39 is 6.23 Å². The maximum atomic E-state index is 10.6. The van der Waals surface area contributed by atoms with Crippen LogP contribution in [0.5, 0.6) is 11.6 Å². The fourth-order valence-electron chi connectivity index (χ4n) is 3.06. The number of rotatable bonds is 4. The van der Waals surface area contributed by atoms with Crippen molar-refractivity contribution in [1.29, 1.82) is 0 Å². The third-order valence-corrected chi connectivity index (χ3v) is 4.91. The predicted molar refractivity (Wildman–Crippen MR) is 96.0 cm³/mol. The van der Waals surface area contributed by atoms with Crippen molar-refractivity contribution in [1.82, 2.24) is 9.97 Å². The first-order valence-electron chi connectivity index (χ1n) is 7.75. The number of ether oxygens (including phenoxy) is 2. The second-order valence-corrected chi connectivity index (χ2v) is 6.42. The SMILES string of the molecule is COc1cc(-c2ccc3c(c2)CN(c2cscn2)C3O)cnc1OC. The summed E-state index contributed by atoms with van der Waals surface area (Å²) in [6.45, 7) is 0.620. The molecule has 0 bridgehead atoms. The van der Waals surface area contributed by atoms with Gasteiger partial charge < -0.3 is 19.5 Å². The van der Waals surface area contributed by atoms with Crippen LogP contribution in [0.3, 0.4) is 0 Å². The number of hydrogen-bond donors (Lipinski definition) is 1. The molecular weight excluding hydrogens is 338 g/mol. The summed E-state index contributed by atoms with van der Waals surface area (Å²) in [6, 6.07) is 7.92. The van der Waals surface area contributed by atoms with E-state index in [0.717, 1.165) is 28.1 Å². The number of aliphatic hydroxyl groups excluding tert-OH is 1. The van der Waals surface area contributed by atoms with Gasteiger partial charge in [0.2, 0.25) is 0 Å². The summed E-state index contributed by atoms with van der Waals surface area (Å²) in [5, 5.41) is 12.5. The quantitative estimate of drug-likeness (QED) is 0.775. The number of anilines is 1. The Morgan fingerprint density at radius 1 is 1.16 bits per heavy atom. The number of pyridine rings is 1. The molecule has 0 fully saturated rings. The number of methoxy groups -OCH3 is 2. The summed E-state index contributed by atoms with van der Waals surface area (Å²) >= 11 is 1.52. The van der Waals surface area contributed by atoms with Gasteiger partial charge in [0.25, 0.3) is 5.88 Å². The summed E-state index contributed by atoms with van der Waals surface area (Å²) in [5.74, 6) is 1.84. The van der Waals surface area contributed by atoms with Crippen LogP contribution in [0.25, 0.3) is 11.1 Å². The van der Waals surface area contributed by atoms with Crippen molar-refractivity contribution in [2.24, 2.45) is 0 Å². The molecule has 1 aliphatic heterocycles. The molecule has 0 radical (unpaired) electrons. The van der Waals surface area contributed by atoms with E-state index in [9.17, 15) is 5.11 Å². The second kappa shape index (κ2) is 6.34. The van der Waals surface area contributed by atoms with Crippen LogP contribution in [0.1, 0.15) is 17.4 Å². The number of benzene rings is 1. The van der Waals surface area contributed by atoms with Gasteiger partial charge in [-0.05, 0) is 23.3 Å². The van der Waals surface area contributed by atoms with Crippen molar-refractivity contribution in [3.63, 3.8) is 0 Å². The first-order valence-corrected chi connectivity index (χ1v) is 8.69. The second-order valence-electron chi connectivity index (χ2n) is 5.70. The number of thiazole rings is 1. The highest BCUT2D eigenvalue weighted by Gasteiger charge is 2.29. The van der Waals surface area contributed by atoms with Gasteiger partial charge in [0.15, 0.2) is 12.0 Å². The van der Waals surface area contributed by atoms with Crippen molar-refractivity contribution in [2.45, 2.75) is 12.8 Å². The van der Waals surface area contributed by atoms with Crippen LogP contribution < -0.4 is 14.4 Å². The molecule has 0 amide bonds. The molecule has 1 aliphatic rings. The average Bonchev–Trinajstić information content (AvgIpc) is 3.29. The Labute approximate surface area is 149 Å². The van der Waals surface area contributed by atoms with Crippen molar-refractivity contribution in [3.8, 4) is 22.8 Å². The van der Waals surface area contributed by atoms with E-state index >= 15 is 0 Å².